The molecule has 1 aliphatic rings. The Morgan fingerprint density at radius 3 is 2.85 bits per heavy atom. The van der Waals surface area contributed by atoms with Crippen LogP contribution in [0.25, 0.3) is 10.2 Å². The molecule has 0 saturated carbocycles. The van der Waals surface area contributed by atoms with Crippen molar-refractivity contribution in [1.29, 1.82) is 0 Å². The predicted octanol–water partition coefficient (Wildman–Crippen LogP) is 0.710. The topological polar surface area (TPSA) is 68.4 Å². The van der Waals surface area contributed by atoms with Crippen molar-refractivity contribution >= 4 is 39.2 Å². The number of amides is 1. The summed E-state index contributed by atoms with van der Waals surface area (Å²) in [6.45, 7) is 1.64. The molecule has 2 aromatic rings. The van der Waals surface area contributed by atoms with Gasteiger partial charge in [0.2, 0.25) is 5.91 Å². The van der Waals surface area contributed by atoms with E-state index in [0.29, 0.717) is 11.7 Å². The summed E-state index contributed by atoms with van der Waals surface area (Å²) in [5, 5.41) is 4.12. The zero-order valence-electron chi connectivity index (χ0n) is 15.7. The van der Waals surface area contributed by atoms with Crippen molar-refractivity contribution in [1.82, 2.24) is 14.9 Å². The Morgan fingerprint density at radius 1 is 1.35 bits per heavy atom. The molecule has 0 atom stereocenters. The van der Waals surface area contributed by atoms with Gasteiger partial charge >= 0.3 is 0 Å². The number of thioether (sulfide) groups is 1. The molecule has 26 heavy (non-hydrogen) atoms. The highest BCUT2D eigenvalue weighted by molar-refractivity contribution is 7.99. The van der Waals surface area contributed by atoms with Crippen LogP contribution in [0.15, 0.2) is 9.95 Å². The van der Waals surface area contributed by atoms with Crippen molar-refractivity contribution in [2.75, 3.05) is 33.4 Å². The number of fused-ring (bicyclic) bond motifs is 3. The van der Waals surface area contributed by atoms with E-state index in [-0.39, 0.29) is 17.2 Å². The quantitative estimate of drug-likeness (QED) is 0.535. The van der Waals surface area contributed by atoms with Gasteiger partial charge in [-0.1, -0.05) is 11.8 Å². The van der Waals surface area contributed by atoms with E-state index in [1.807, 2.05) is 0 Å². The average molecular weight is 396 g/mol. The lowest BCUT2D eigenvalue weighted by atomic mass is 9.97. The molecular formula is C18H27N4O2S2+. The van der Waals surface area contributed by atoms with Crippen LogP contribution in [-0.4, -0.2) is 48.9 Å². The van der Waals surface area contributed by atoms with Crippen molar-refractivity contribution in [3.8, 4) is 0 Å². The lowest BCUT2D eigenvalue weighted by Crippen LogP contribution is -3.05. The first-order chi connectivity index (χ1) is 12.5. The summed E-state index contributed by atoms with van der Waals surface area (Å²) < 4.78 is 1.79. The molecule has 2 aromatic heterocycles. The van der Waals surface area contributed by atoms with Crippen LogP contribution in [0.5, 0.6) is 0 Å². The number of aromatic nitrogens is 2. The van der Waals surface area contributed by atoms with Gasteiger partial charge in [-0.3, -0.25) is 14.2 Å². The number of nitrogens with one attached hydrogen (secondary N) is 2. The summed E-state index contributed by atoms with van der Waals surface area (Å²) >= 11 is 3.02. The second-order valence-electron chi connectivity index (χ2n) is 7.01. The van der Waals surface area contributed by atoms with Crippen molar-refractivity contribution in [3.63, 3.8) is 0 Å². The molecular weight excluding hydrogens is 368 g/mol. The second kappa shape index (κ2) is 8.54. The summed E-state index contributed by atoms with van der Waals surface area (Å²) in [4.78, 5) is 33.3. The zero-order chi connectivity index (χ0) is 18.7. The van der Waals surface area contributed by atoms with E-state index in [2.05, 4.69) is 19.4 Å². The molecule has 0 unspecified atom stereocenters. The van der Waals surface area contributed by atoms with Crippen LogP contribution in [0.3, 0.4) is 0 Å². The molecule has 0 saturated heterocycles. The van der Waals surface area contributed by atoms with Gasteiger partial charge in [-0.15, -0.1) is 11.3 Å². The highest BCUT2D eigenvalue weighted by Crippen LogP contribution is 2.34. The number of thiophene rings is 1. The first-order valence-electron chi connectivity index (χ1n) is 9.18. The fraction of sp³-hybridized carbons (Fsp3) is 0.611. The number of carbonyl (C=O) groups is 1. The zero-order valence-corrected chi connectivity index (χ0v) is 17.3. The van der Waals surface area contributed by atoms with E-state index in [1.165, 1.54) is 33.5 Å². The van der Waals surface area contributed by atoms with Crippen molar-refractivity contribution in [2.45, 2.75) is 43.8 Å². The van der Waals surface area contributed by atoms with Gasteiger partial charge in [0.1, 0.15) is 4.83 Å². The number of hydrogen-bond acceptors (Lipinski definition) is 5. The molecule has 6 nitrogen and oxygen atoms in total. The van der Waals surface area contributed by atoms with E-state index in [1.54, 1.807) is 23.0 Å². The Kier molecular flexibility index (Phi) is 6.37. The molecule has 0 bridgehead atoms. The molecule has 1 aliphatic carbocycles. The van der Waals surface area contributed by atoms with E-state index < -0.39 is 0 Å². The van der Waals surface area contributed by atoms with Crippen LogP contribution in [0, 0.1) is 0 Å². The summed E-state index contributed by atoms with van der Waals surface area (Å²) in [7, 11) is 5.85. The maximum atomic E-state index is 13.3. The summed E-state index contributed by atoms with van der Waals surface area (Å²) in [5.41, 5.74) is 1.30. The average Bonchev–Trinajstić information content (AvgIpc) is 2.99. The van der Waals surface area contributed by atoms with E-state index in [4.69, 9.17) is 4.98 Å². The van der Waals surface area contributed by atoms with Crippen molar-refractivity contribution < 1.29 is 9.69 Å². The maximum Gasteiger partial charge on any atom is 0.263 e. The fourth-order valence-electron chi connectivity index (χ4n) is 3.32. The van der Waals surface area contributed by atoms with Gasteiger partial charge in [0.05, 0.1) is 31.8 Å². The Bertz CT molecular complexity index is 857. The van der Waals surface area contributed by atoms with Crippen LogP contribution < -0.4 is 15.8 Å². The molecule has 2 N–H and O–H groups in total. The number of carbonyl (C=O) groups excluding carboxylic acids is 1. The third kappa shape index (κ3) is 4.13. The Labute approximate surface area is 162 Å². The van der Waals surface area contributed by atoms with Crippen molar-refractivity contribution in [3.05, 3.63) is 20.8 Å². The van der Waals surface area contributed by atoms with Crippen LogP contribution in [0.1, 0.15) is 29.7 Å². The van der Waals surface area contributed by atoms with Gasteiger partial charge in [0.15, 0.2) is 5.16 Å². The molecule has 0 radical (unpaired) electrons. The minimum Gasteiger partial charge on any atom is -0.358 e. The van der Waals surface area contributed by atoms with Gasteiger partial charge in [-0.25, -0.2) is 4.98 Å². The van der Waals surface area contributed by atoms with Crippen LogP contribution in [-0.2, 0) is 24.2 Å². The van der Waals surface area contributed by atoms with E-state index in [9.17, 15) is 9.59 Å². The molecule has 0 spiro atoms. The SMILES string of the molecule is CNC(=O)CSc1nc2sc3c(c2c(=O)n1CCC[NH+](C)C)CCCC3. The second-order valence-corrected chi connectivity index (χ2v) is 9.04. The first-order valence-corrected chi connectivity index (χ1v) is 11.0. The number of rotatable bonds is 7. The number of nitrogens with zero attached hydrogens (tertiary/aromatic N) is 2. The summed E-state index contributed by atoms with van der Waals surface area (Å²) in [5.74, 6) is 0.220. The summed E-state index contributed by atoms with van der Waals surface area (Å²) in [6.07, 6.45) is 5.29. The minimum atomic E-state index is -0.0564. The number of aryl methyl sites for hydroxylation is 2. The third-order valence-electron chi connectivity index (χ3n) is 4.71. The number of quaternary nitrogens is 1. The molecule has 142 valence electrons. The molecule has 3 rings (SSSR count). The normalized spacial score (nSPS) is 14.0. The minimum absolute atomic E-state index is 0.0564. The highest BCUT2D eigenvalue weighted by Gasteiger charge is 2.22. The van der Waals surface area contributed by atoms with E-state index >= 15 is 0 Å². The van der Waals surface area contributed by atoms with Gasteiger partial charge in [-0.2, -0.15) is 0 Å². The summed E-state index contributed by atoms with van der Waals surface area (Å²) in [6, 6.07) is 0. The first kappa shape index (κ1) is 19.4. The Hall–Kier alpha value is -1.38. The molecule has 1 amide bonds. The van der Waals surface area contributed by atoms with Crippen LogP contribution in [0.4, 0.5) is 0 Å². The van der Waals surface area contributed by atoms with Gasteiger partial charge in [0, 0.05) is 24.9 Å². The van der Waals surface area contributed by atoms with Crippen molar-refractivity contribution in [2.24, 2.45) is 0 Å². The monoisotopic (exact) mass is 395 g/mol. The maximum absolute atomic E-state index is 13.3. The molecule has 0 fully saturated rings. The predicted molar refractivity (Wildman–Crippen MR) is 108 cm³/mol. The molecule has 0 aromatic carbocycles. The Balaban J connectivity index is 2.01. The molecule has 0 aliphatic heterocycles. The fourth-order valence-corrected chi connectivity index (χ4v) is 5.52. The third-order valence-corrected chi connectivity index (χ3v) is 6.87. The lowest BCUT2D eigenvalue weighted by Gasteiger charge is -2.14. The Morgan fingerprint density at radius 2 is 2.12 bits per heavy atom. The van der Waals surface area contributed by atoms with Gasteiger partial charge < -0.3 is 10.2 Å². The van der Waals surface area contributed by atoms with Gasteiger partial charge in [0.25, 0.3) is 5.56 Å². The lowest BCUT2D eigenvalue weighted by molar-refractivity contribution is -0.858. The molecule has 2 heterocycles. The van der Waals surface area contributed by atoms with Crippen LogP contribution >= 0.6 is 23.1 Å². The largest absolute Gasteiger partial charge is 0.358 e. The number of hydrogen-bond donors (Lipinski definition) is 2. The van der Waals surface area contributed by atoms with Crippen LogP contribution in [0.2, 0.25) is 0 Å². The van der Waals surface area contributed by atoms with Gasteiger partial charge in [-0.05, 0) is 31.2 Å². The smallest absolute Gasteiger partial charge is 0.263 e. The van der Waals surface area contributed by atoms with E-state index in [0.717, 1.165) is 42.4 Å². The molecule has 8 heteroatoms. The standard InChI is InChI=1S/C18H26N4O2S2/c1-19-14(23)11-25-18-20-16-15(12-7-4-5-8-13(12)26-16)17(24)22(18)10-6-9-21(2)3/h4-11H2,1-3H3,(H,19,23)/p+1. The highest BCUT2D eigenvalue weighted by atomic mass is 32.2.